The maximum Gasteiger partial charge on any atom is 0.143 e. The SMILES string of the molecule is c1ccc(-c2ccc(N(c3ccc(-c4cccc5c4oc4ccccc45)cc3)c3ccccc3-c3ccccc3-c3cc4ccccc4cc3-c3ccccc3)cc2)cc1. The molecule has 0 saturated heterocycles. The molecule has 60 heavy (non-hydrogen) atoms. The molecule has 0 spiro atoms. The third kappa shape index (κ3) is 6.32. The van der Waals surface area contributed by atoms with Crippen molar-refractivity contribution in [3.63, 3.8) is 0 Å². The van der Waals surface area contributed by atoms with Crippen molar-refractivity contribution in [2.45, 2.75) is 0 Å². The summed E-state index contributed by atoms with van der Waals surface area (Å²) in [6.07, 6.45) is 0. The van der Waals surface area contributed by atoms with Crippen molar-refractivity contribution in [1.29, 1.82) is 0 Å². The first-order chi connectivity index (χ1) is 29.8. The first kappa shape index (κ1) is 35.2. The average Bonchev–Trinajstić information content (AvgIpc) is 3.72. The van der Waals surface area contributed by atoms with Gasteiger partial charge in [0.05, 0.1) is 5.69 Å². The molecule has 0 aliphatic heterocycles. The number of fused-ring (bicyclic) bond motifs is 4. The van der Waals surface area contributed by atoms with Crippen molar-refractivity contribution >= 4 is 49.8 Å². The molecule has 0 amide bonds. The Bertz CT molecular complexity index is 3290. The van der Waals surface area contributed by atoms with Crippen molar-refractivity contribution in [3.8, 4) is 55.6 Å². The van der Waals surface area contributed by atoms with E-state index in [0.717, 1.165) is 55.7 Å². The number of nitrogens with zero attached hydrogens (tertiary/aromatic N) is 1. The molecule has 0 N–H and O–H groups in total. The van der Waals surface area contributed by atoms with Crippen LogP contribution < -0.4 is 4.90 Å². The lowest BCUT2D eigenvalue weighted by Crippen LogP contribution is -2.11. The van der Waals surface area contributed by atoms with Crippen LogP contribution in [0.2, 0.25) is 0 Å². The zero-order chi connectivity index (χ0) is 39.8. The molecule has 282 valence electrons. The van der Waals surface area contributed by atoms with Gasteiger partial charge in [-0.1, -0.05) is 188 Å². The van der Waals surface area contributed by atoms with Gasteiger partial charge < -0.3 is 9.32 Å². The number of hydrogen-bond donors (Lipinski definition) is 0. The second-order valence-corrected chi connectivity index (χ2v) is 15.2. The lowest BCUT2D eigenvalue weighted by Gasteiger charge is -2.29. The molecular formula is C58H39NO. The zero-order valence-corrected chi connectivity index (χ0v) is 32.9. The first-order valence-corrected chi connectivity index (χ1v) is 20.5. The summed E-state index contributed by atoms with van der Waals surface area (Å²) in [7, 11) is 0. The highest BCUT2D eigenvalue weighted by Crippen LogP contribution is 2.47. The summed E-state index contributed by atoms with van der Waals surface area (Å²) in [4.78, 5) is 2.39. The van der Waals surface area contributed by atoms with Gasteiger partial charge in [0, 0.05) is 33.3 Å². The van der Waals surface area contributed by atoms with E-state index in [1.165, 1.54) is 49.7 Å². The molecule has 0 saturated carbocycles. The van der Waals surface area contributed by atoms with Crippen LogP contribution in [0.3, 0.4) is 0 Å². The van der Waals surface area contributed by atoms with Crippen LogP contribution >= 0.6 is 0 Å². The summed E-state index contributed by atoms with van der Waals surface area (Å²) in [5.41, 5.74) is 16.7. The quantitative estimate of drug-likeness (QED) is 0.153. The molecule has 0 atom stereocenters. The van der Waals surface area contributed by atoms with Gasteiger partial charge in [-0.2, -0.15) is 0 Å². The normalized spacial score (nSPS) is 11.3. The van der Waals surface area contributed by atoms with Crippen LogP contribution in [0.4, 0.5) is 17.1 Å². The van der Waals surface area contributed by atoms with Crippen molar-refractivity contribution < 1.29 is 4.42 Å². The Morgan fingerprint density at radius 2 is 0.750 bits per heavy atom. The van der Waals surface area contributed by atoms with E-state index in [1.54, 1.807) is 0 Å². The lowest BCUT2D eigenvalue weighted by molar-refractivity contribution is 0.670. The standard InChI is InChI=1S/C58H39NO/c1-3-16-40(17-4-1)41-30-34-46(35-31-41)59(47-36-32-43(33-37-47)48-26-15-27-53-52-25-12-14-29-57(52)60-58(48)53)56-28-13-11-24-51(56)49-22-9-10-23-50(49)55-39-45-21-8-7-20-44(45)38-54(55)42-18-5-2-6-19-42/h1-39H. The highest BCUT2D eigenvalue weighted by Gasteiger charge is 2.21. The molecule has 0 fully saturated rings. The van der Waals surface area contributed by atoms with Crippen LogP contribution in [0.5, 0.6) is 0 Å². The van der Waals surface area contributed by atoms with E-state index in [-0.39, 0.29) is 0 Å². The van der Waals surface area contributed by atoms with Crippen LogP contribution in [-0.4, -0.2) is 0 Å². The second kappa shape index (κ2) is 15.1. The minimum atomic E-state index is 0.901. The molecule has 0 bridgehead atoms. The van der Waals surface area contributed by atoms with Gasteiger partial charge in [0.15, 0.2) is 0 Å². The van der Waals surface area contributed by atoms with Gasteiger partial charge in [0.25, 0.3) is 0 Å². The number of benzene rings is 10. The molecule has 11 rings (SSSR count). The third-order valence-electron chi connectivity index (χ3n) is 11.7. The summed E-state index contributed by atoms with van der Waals surface area (Å²) in [5, 5.41) is 4.70. The fraction of sp³-hybridized carbons (Fsp3) is 0. The van der Waals surface area contributed by atoms with E-state index in [9.17, 15) is 0 Å². The van der Waals surface area contributed by atoms with Crippen LogP contribution in [0, 0.1) is 0 Å². The Kier molecular flexibility index (Phi) is 8.87. The molecule has 2 heteroatoms. The van der Waals surface area contributed by atoms with Gasteiger partial charge in [-0.25, -0.2) is 0 Å². The van der Waals surface area contributed by atoms with Crippen molar-refractivity contribution in [1.82, 2.24) is 0 Å². The largest absolute Gasteiger partial charge is 0.455 e. The lowest BCUT2D eigenvalue weighted by atomic mass is 9.87. The molecule has 1 aromatic heterocycles. The summed E-state index contributed by atoms with van der Waals surface area (Å²) in [6, 6.07) is 84.9. The Morgan fingerprint density at radius 1 is 0.283 bits per heavy atom. The van der Waals surface area contributed by atoms with Crippen LogP contribution in [0.25, 0.3) is 88.3 Å². The molecular weight excluding hydrogens is 727 g/mol. The fourth-order valence-electron chi connectivity index (χ4n) is 8.79. The number of anilines is 3. The third-order valence-corrected chi connectivity index (χ3v) is 11.7. The molecule has 10 aromatic carbocycles. The van der Waals surface area contributed by atoms with Gasteiger partial charge in [0.2, 0.25) is 0 Å². The summed E-state index contributed by atoms with van der Waals surface area (Å²) < 4.78 is 6.46. The monoisotopic (exact) mass is 765 g/mol. The topological polar surface area (TPSA) is 16.4 Å². The van der Waals surface area contributed by atoms with Crippen molar-refractivity contribution in [2.75, 3.05) is 4.90 Å². The summed E-state index contributed by atoms with van der Waals surface area (Å²) >= 11 is 0. The number of rotatable bonds is 8. The molecule has 0 aliphatic carbocycles. The molecule has 0 unspecified atom stereocenters. The molecule has 0 aliphatic rings. The van der Waals surface area contributed by atoms with Crippen molar-refractivity contribution in [3.05, 3.63) is 237 Å². The summed E-state index contributed by atoms with van der Waals surface area (Å²) in [5.74, 6) is 0. The van der Waals surface area contributed by atoms with E-state index >= 15 is 0 Å². The number of furan rings is 1. The fourth-order valence-corrected chi connectivity index (χ4v) is 8.79. The highest BCUT2D eigenvalue weighted by atomic mass is 16.3. The van der Waals surface area contributed by atoms with E-state index in [0.29, 0.717) is 0 Å². The van der Waals surface area contributed by atoms with Crippen LogP contribution in [-0.2, 0) is 0 Å². The Hall–Kier alpha value is -7.94. The summed E-state index contributed by atoms with van der Waals surface area (Å²) in [6.45, 7) is 0. The van der Waals surface area contributed by atoms with Gasteiger partial charge in [0.1, 0.15) is 11.2 Å². The molecule has 0 radical (unpaired) electrons. The predicted molar refractivity (Wildman–Crippen MR) is 253 cm³/mol. The second-order valence-electron chi connectivity index (χ2n) is 15.2. The Balaban J connectivity index is 1.08. The van der Waals surface area contributed by atoms with E-state index in [4.69, 9.17) is 4.42 Å². The molecule has 2 nitrogen and oxygen atoms in total. The smallest absolute Gasteiger partial charge is 0.143 e. The van der Waals surface area contributed by atoms with E-state index in [1.807, 2.05) is 12.1 Å². The first-order valence-electron chi connectivity index (χ1n) is 20.5. The van der Waals surface area contributed by atoms with Crippen LogP contribution in [0.1, 0.15) is 0 Å². The Morgan fingerprint density at radius 3 is 1.45 bits per heavy atom. The minimum Gasteiger partial charge on any atom is -0.455 e. The van der Waals surface area contributed by atoms with Gasteiger partial charge >= 0.3 is 0 Å². The molecule has 1 heterocycles. The highest BCUT2D eigenvalue weighted by molar-refractivity contribution is 6.09. The van der Waals surface area contributed by atoms with E-state index < -0.39 is 0 Å². The number of para-hydroxylation sites is 3. The average molecular weight is 766 g/mol. The Labute approximate surface area is 349 Å². The predicted octanol–water partition coefficient (Wildman–Crippen LogP) is 16.5. The maximum absolute atomic E-state index is 6.46. The number of hydrogen-bond acceptors (Lipinski definition) is 2. The maximum atomic E-state index is 6.46. The van der Waals surface area contributed by atoms with Crippen molar-refractivity contribution in [2.24, 2.45) is 0 Å². The molecule has 11 aromatic rings. The minimum absolute atomic E-state index is 0.901. The van der Waals surface area contributed by atoms with Gasteiger partial charge in [-0.3, -0.25) is 0 Å². The van der Waals surface area contributed by atoms with Gasteiger partial charge in [-0.05, 0) is 104 Å². The van der Waals surface area contributed by atoms with Gasteiger partial charge in [-0.15, -0.1) is 0 Å². The van der Waals surface area contributed by atoms with Crippen LogP contribution in [0.15, 0.2) is 241 Å². The van der Waals surface area contributed by atoms with E-state index in [2.05, 4.69) is 229 Å². The zero-order valence-electron chi connectivity index (χ0n) is 32.9.